The maximum atomic E-state index is 12.6. The van der Waals surface area contributed by atoms with Gasteiger partial charge in [-0.2, -0.15) is 0 Å². The molecule has 2 bridgehead atoms. The van der Waals surface area contributed by atoms with Crippen molar-refractivity contribution in [2.24, 2.45) is 11.8 Å². The Balaban J connectivity index is 1.39. The van der Waals surface area contributed by atoms with Crippen molar-refractivity contribution in [1.29, 1.82) is 0 Å². The maximum absolute atomic E-state index is 12.6. The van der Waals surface area contributed by atoms with Crippen LogP contribution in [-0.2, 0) is 4.79 Å². The van der Waals surface area contributed by atoms with Crippen LogP contribution >= 0.6 is 0 Å². The van der Waals surface area contributed by atoms with Gasteiger partial charge in [-0.1, -0.05) is 33.1 Å². The standard InChI is InChI=1S/C24H36N2O3/c1-4-5-6-18-11-19-7-8-20(12-18)25(19)14-17(2)15-26-22-13-21(28-3)9-10-23(22)29-16-24(26)27/h9-10,13,17-20H,4-8,11-12,14-16H2,1-3H3/t17-,18?,19+,20?/m1/s1. The van der Waals surface area contributed by atoms with Gasteiger partial charge < -0.3 is 14.4 Å². The lowest BCUT2D eigenvalue weighted by molar-refractivity contribution is -0.121. The predicted octanol–water partition coefficient (Wildman–Crippen LogP) is 4.49. The molecular weight excluding hydrogens is 364 g/mol. The van der Waals surface area contributed by atoms with E-state index < -0.39 is 0 Å². The second-order valence-corrected chi connectivity index (χ2v) is 9.29. The van der Waals surface area contributed by atoms with Gasteiger partial charge in [-0.25, -0.2) is 0 Å². The van der Waals surface area contributed by atoms with Gasteiger partial charge in [0, 0.05) is 31.2 Å². The monoisotopic (exact) mass is 400 g/mol. The highest BCUT2D eigenvalue weighted by Gasteiger charge is 2.41. The van der Waals surface area contributed by atoms with Crippen molar-refractivity contribution < 1.29 is 14.3 Å². The normalized spacial score (nSPS) is 27.5. The van der Waals surface area contributed by atoms with Crippen LogP contribution in [0, 0.1) is 11.8 Å². The van der Waals surface area contributed by atoms with E-state index in [1.165, 1.54) is 44.9 Å². The Labute approximate surface area is 175 Å². The zero-order valence-corrected chi connectivity index (χ0v) is 18.2. The Kier molecular flexibility index (Phi) is 6.33. The molecule has 29 heavy (non-hydrogen) atoms. The van der Waals surface area contributed by atoms with Gasteiger partial charge in [0.05, 0.1) is 12.8 Å². The van der Waals surface area contributed by atoms with Crippen LogP contribution in [0.3, 0.4) is 0 Å². The second-order valence-electron chi connectivity index (χ2n) is 9.29. The summed E-state index contributed by atoms with van der Waals surface area (Å²) in [6.45, 7) is 6.52. The number of hydrogen-bond acceptors (Lipinski definition) is 4. The first-order chi connectivity index (χ1) is 14.1. The zero-order chi connectivity index (χ0) is 20.4. The third-order valence-electron chi connectivity index (χ3n) is 7.07. The molecule has 0 spiro atoms. The van der Waals surface area contributed by atoms with E-state index in [4.69, 9.17) is 9.47 Å². The van der Waals surface area contributed by atoms with Crippen LogP contribution in [0.25, 0.3) is 0 Å². The van der Waals surface area contributed by atoms with E-state index in [0.29, 0.717) is 5.92 Å². The van der Waals surface area contributed by atoms with Crippen LogP contribution in [0.2, 0.25) is 0 Å². The molecule has 2 fully saturated rings. The van der Waals surface area contributed by atoms with E-state index >= 15 is 0 Å². The molecule has 4 rings (SSSR count). The molecule has 3 heterocycles. The van der Waals surface area contributed by atoms with Crippen LogP contribution in [0.1, 0.15) is 58.8 Å². The highest BCUT2D eigenvalue weighted by Crippen LogP contribution is 2.41. The second kappa shape index (κ2) is 8.95. The number of methoxy groups -OCH3 is 1. The molecule has 0 aliphatic carbocycles. The number of carbonyl (C=O) groups is 1. The first-order valence-corrected chi connectivity index (χ1v) is 11.5. The molecule has 3 aliphatic heterocycles. The smallest absolute Gasteiger partial charge is 0.265 e. The minimum absolute atomic E-state index is 0.0406. The van der Waals surface area contributed by atoms with E-state index in [9.17, 15) is 4.79 Å². The summed E-state index contributed by atoms with van der Waals surface area (Å²) >= 11 is 0. The summed E-state index contributed by atoms with van der Waals surface area (Å²) in [4.78, 5) is 17.3. The van der Waals surface area contributed by atoms with Gasteiger partial charge in [0.25, 0.3) is 5.91 Å². The Morgan fingerprint density at radius 2 is 1.97 bits per heavy atom. The summed E-state index contributed by atoms with van der Waals surface area (Å²) in [7, 11) is 1.65. The minimum Gasteiger partial charge on any atom is -0.497 e. The molecule has 0 saturated carbocycles. The highest BCUT2D eigenvalue weighted by atomic mass is 16.5. The lowest BCUT2D eigenvalue weighted by atomic mass is 9.86. The molecule has 5 heteroatoms. The number of nitrogens with zero attached hydrogens (tertiary/aromatic N) is 2. The maximum Gasteiger partial charge on any atom is 0.265 e. The fraction of sp³-hybridized carbons (Fsp3) is 0.708. The van der Waals surface area contributed by atoms with Crippen molar-refractivity contribution >= 4 is 11.6 Å². The summed E-state index contributed by atoms with van der Waals surface area (Å²) in [6.07, 6.45) is 9.56. The molecule has 1 amide bonds. The number of carbonyl (C=O) groups excluding carboxylic acids is 1. The van der Waals surface area contributed by atoms with E-state index in [-0.39, 0.29) is 12.5 Å². The molecule has 2 saturated heterocycles. The van der Waals surface area contributed by atoms with Crippen LogP contribution in [0.5, 0.6) is 11.5 Å². The minimum atomic E-state index is 0.0406. The number of anilines is 1. The van der Waals surface area contributed by atoms with Gasteiger partial charge in [-0.3, -0.25) is 9.69 Å². The summed E-state index contributed by atoms with van der Waals surface area (Å²) in [5, 5.41) is 0. The number of hydrogen-bond donors (Lipinski definition) is 0. The molecule has 2 unspecified atom stereocenters. The van der Waals surface area contributed by atoms with Crippen molar-refractivity contribution in [2.45, 2.75) is 70.9 Å². The zero-order valence-electron chi connectivity index (χ0n) is 18.2. The molecule has 160 valence electrons. The molecule has 5 nitrogen and oxygen atoms in total. The molecule has 0 radical (unpaired) electrons. The number of rotatable bonds is 8. The molecule has 0 aromatic heterocycles. The number of amides is 1. The SMILES string of the molecule is CCCCC1CC2CC[C@@H](C1)N2C[C@@H](C)CN1C(=O)COc2ccc(OC)cc21. The van der Waals surface area contributed by atoms with Gasteiger partial charge >= 0.3 is 0 Å². The molecule has 3 aliphatic rings. The Bertz CT molecular complexity index is 708. The van der Waals surface area contributed by atoms with E-state index in [1.54, 1.807) is 7.11 Å². The van der Waals surface area contributed by atoms with Crippen LogP contribution in [0.15, 0.2) is 18.2 Å². The largest absolute Gasteiger partial charge is 0.497 e. The summed E-state index contributed by atoms with van der Waals surface area (Å²) in [5.41, 5.74) is 0.841. The number of unbranched alkanes of at least 4 members (excludes halogenated alkanes) is 1. The Hall–Kier alpha value is -1.75. The third-order valence-corrected chi connectivity index (χ3v) is 7.07. The van der Waals surface area contributed by atoms with Crippen LogP contribution < -0.4 is 14.4 Å². The number of benzene rings is 1. The number of piperidine rings is 1. The van der Waals surface area contributed by atoms with Gasteiger partial charge in [0.15, 0.2) is 6.61 Å². The summed E-state index contributed by atoms with van der Waals surface area (Å²) < 4.78 is 11.0. The Morgan fingerprint density at radius 1 is 1.21 bits per heavy atom. The lowest BCUT2D eigenvalue weighted by Gasteiger charge is -2.41. The first-order valence-electron chi connectivity index (χ1n) is 11.5. The quantitative estimate of drug-likeness (QED) is 0.645. The summed E-state index contributed by atoms with van der Waals surface area (Å²) in [5.74, 6) is 2.92. The van der Waals surface area contributed by atoms with Crippen molar-refractivity contribution in [3.05, 3.63) is 18.2 Å². The third kappa shape index (κ3) is 4.40. The van der Waals surface area contributed by atoms with Gasteiger partial charge in [0.1, 0.15) is 11.5 Å². The van der Waals surface area contributed by atoms with Crippen LogP contribution in [-0.4, -0.2) is 49.7 Å². The predicted molar refractivity (Wildman–Crippen MR) is 116 cm³/mol. The van der Waals surface area contributed by atoms with Crippen molar-refractivity contribution in [3.63, 3.8) is 0 Å². The van der Waals surface area contributed by atoms with Crippen LogP contribution in [0.4, 0.5) is 5.69 Å². The van der Waals surface area contributed by atoms with E-state index in [1.807, 2.05) is 23.1 Å². The van der Waals surface area contributed by atoms with Gasteiger partial charge in [-0.05, 0) is 49.7 Å². The van der Waals surface area contributed by atoms with Gasteiger partial charge in [0.2, 0.25) is 0 Å². The average molecular weight is 401 g/mol. The highest BCUT2D eigenvalue weighted by molar-refractivity contribution is 5.98. The topological polar surface area (TPSA) is 42.0 Å². The molecule has 1 aromatic rings. The summed E-state index contributed by atoms with van der Waals surface area (Å²) in [6, 6.07) is 7.22. The fourth-order valence-electron chi connectivity index (χ4n) is 5.65. The van der Waals surface area contributed by atoms with Crippen molar-refractivity contribution in [2.75, 3.05) is 31.7 Å². The molecule has 4 atom stereocenters. The number of fused-ring (bicyclic) bond motifs is 3. The molecular formula is C24H36N2O3. The Morgan fingerprint density at radius 3 is 2.66 bits per heavy atom. The van der Waals surface area contributed by atoms with Crippen molar-refractivity contribution in [3.8, 4) is 11.5 Å². The van der Waals surface area contributed by atoms with E-state index in [2.05, 4.69) is 18.7 Å². The molecule has 0 N–H and O–H groups in total. The first kappa shape index (κ1) is 20.5. The van der Waals surface area contributed by atoms with Crippen molar-refractivity contribution in [1.82, 2.24) is 4.90 Å². The van der Waals surface area contributed by atoms with Gasteiger partial charge in [-0.15, -0.1) is 0 Å². The lowest BCUT2D eigenvalue weighted by Crippen LogP contribution is -2.48. The fourth-order valence-corrected chi connectivity index (χ4v) is 5.65. The average Bonchev–Trinajstić information content (AvgIpc) is 2.95. The molecule has 1 aromatic carbocycles. The van der Waals surface area contributed by atoms with E-state index in [0.717, 1.165) is 48.3 Å². The number of ether oxygens (including phenoxy) is 2.